The first-order chi connectivity index (χ1) is 8.41. The van der Waals surface area contributed by atoms with E-state index in [9.17, 15) is 9.59 Å². The molecule has 0 radical (unpaired) electrons. The third-order valence-corrected chi connectivity index (χ3v) is 2.50. The highest BCUT2D eigenvalue weighted by Crippen LogP contribution is 2.10. The molecule has 0 aliphatic carbocycles. The van der Waals surface area contributed by atoms with Gasteiger partial charge in [-0.1, -0.05) is 0 Å². The SMILES string of the molecule is CN(C)CCCN(C)C(=O)c1cc(C(=O)O)co1. The number of carbonyl (C=O) groups is 2. The molecule has 0 spiro atoms. The van der Waals surface area contributed by atoms with Gasteiger partial charge in [0.2, 0.25) is 0 Å². The summed E-state index contributed by atoms with van der Waals surface area (Å²) in [6.07, 6.45) is 1.92. The molecule has 6 nitrogen and oxygen atoms in total. The molecule has 1 N–H and O–H groups in total. The van der Waals surface area contributed by atoms with Crippen LogP contribution in [0.15, 0.2) is 16.7 Å². The van der Waals surface area contributed by atoms with E-state index >= 15 is 0 Å². The van der Waals surface area contributed by atoms with Gasteiger partial charge in [0.05, 0.1) is 5.56 Å². The zero-order valence-corrected chi connectivity index (χ0v) is 10.8. The molecule has 0 bridgehead atoms. The minimum absolute atomic E-state index is 0.0139. The lowest BCUT2D eigenvalue weighted by atomic mass is 10.3. The van der Waals surface area contributed by atoms with E-state index in [1.54, 1.807) is 7.05 Å². The van der Waals surface area contributed by atoms with E-state index in [4.69, 9.17) is 9.52 Å². The highest BCUT2D eigenvalue weighted by atomic mass is 16.4. The summed E-state index contributed by atoms with van der Waals surface area (Å²) in [5.74, 6) is -1.35. The zero-order chi connectivity index (χ0) is 13.7. The molecule has 1 aromatic rings. The number of carboxylic acid groups (broad SMARTS) is 1. The number of rotatable bonds is 6. The van der Waals surface area contributed by atoms with Crippen LogP contribution in [0.2, 0.25) is 0 Å². The summed E-state index contributed by atoms with van der Waals surface area (Å²) in [7, 11) is 5.60. The van der Waals surface area contributed by atoms with Crippen LogP contribution in [0.4, 0.5) is 0 Å². The largest absolute Gasteiger partial charge is 0.478 e. The molecule has 0 aromatic carbocycles. The number of nitrogens with zero attached hydrogens (tertiary/aromatic N) is 2. The summed E-state index contributed by atoms with van der Waals surface area (Å²) >= 11 is 0. The van der Waals surface area contributed by atoms with Gasteiger partial charge >= 0.3 is 5.97 Å². The number of carboxylic acids is 1. The first-order valence-corrected chi connectivity index (χ1v) is 5.64. The maximum absolute atomic E-state index is 11.9. The Balaban J connectivity index is 2.54. The molecule has 1 amide bonds. The molecule has 6 heteroatoms. The van der Waals surface area contributed by atoms with Gasteiger partial charge in [0.15, 0.2) is 5.76 Å². The van der Waals surface area contributed by atoms with E-state index in [1.807, 2.05) is 19.0 Å². The topological polar surface area (TPSA) is 74.0 Å². The molecule has 0 unspecified atom stereocenters. The van der Waals surface area contributed by atoms with Gasteiger partial charge in [-0.3, -0.25) is 4.79 Å². The lowest BCUT2D eigenvalue weighted by molar-refractivity contribution is 0.0695. The molecule has 0 aliphatic rings. The number of furan rings is 1. The molecule has 1 aromatic heterocycles. The fourth-order valence-electron chi connectivity index (χ4n) is 1.47. The van der Waals surface area contributed by atoms with Gasteiger partial charge in [-0.25, -0.2) is 4.79 Å². The number of hydrogen-bond donors (Lipinski definition) is 1. The van der Waals surface area contributed by atoms with Crippen LogP contribution in [-0.4, -0.2) is 61.0 Å². The quantitative estimate of drug-likeness (QED) is 0.819. The van der Waals surface area contributed by atoms with E-state index in [1.165, 1.54) is 11.0 Å². The molecule has 0 atom stereocenters. The van der Waals surface area contributed by atoms with Crippen LogP contribution in [0, 0.1) is 0 Å². The van der Waals surface area contributed by atoms with Crippen molar-refractivity contribution in [2.75, 3.05) is 34.2 Å². The zero-order valence-electron chi connectivity index (χ0n) is 10.8. The summed E-state index contributed by atoms with van der Waals surface area (Å²) in [5.41, 5.74) is -0.0139. The Bertz CT molecular complexity index is 425. The van der Waals surface area contributed by atoms with Gasteiger partial charge < -0.3 is 19.3 Å². The monoisotopic (exact) mass is 254 g/mol. The van der Waals surface area contributed by atoms with Gasteiger partial charge in [-0.2, -0.15) is 0 Å². The second kappa shape index (κ2) is 6.20. The molecule has 0 aliphatic heterocycles. The molecular formula is C12H18N2O4. The average molecular weight is 254 g/mol. The fourth-order valence-corrected chi connectivity index (χ4v) is 1.47. The van der Waals surface area contributed by atoms with Crippen LogP contribution in [0.25, 0.3) is 0 Å². The minimum atomic E-state index is -1.10. The van der Waals surface area contributed by atoms with Crippen molar-refractivity contribution < 1.29 is 19.1 Å². The molecule has 0 fully saturated rings. The summed E-state index contributed by atoms with van der Waals surface area (Å²) in [4.78, 5) is 26.1. The second-order valence-corrected chi connectivity index (χ2v) is 4.39. The fraction of sp³-hybridized carbons (Fsp3) is 0.500. The van der Waals surface area contributed by atoms with Gasteiger partial charge in [0.25, 0.3) is 5.91 Å². The highest BCUT2D eigenvalue weighted by molar-refractivity contribution is 5.95. The Hall–Kier alpha value is -1.82. The van der Waals surface area contributed by atoms with Crippen LogP contribution >= 0.6 is 0 Å². The number of amides is 1. The van der Waals surface area contributed by atoms with Gasteiger partial charge in [0.1, 0.15) is 6.26 Å². The van der Waals surface area contributed by atoms with Gasteiger partial charge in [-0.05, 0) is 27.1 Å². The summed E-state index contributed by atoms with van der Waals surface area (Å²) < 4.78 is 4.95. The minimum Gasteiger partial charge on any atom is -0.478 e. The summed E-state index contributed by atoms with van der Waals surface area (Å²) in [6.45, 7) is 1.48. The molecule has 0 saturated heterocycles. The number of aromatic carboxylic acids is 1. The number of carbonyl (C=O) groups excluding carboxylic acids is 1. The van der Waals surface area contributed by atoms with Crippen molar-refractivity contribution in [2.24, 2.45) is 0 Å². The maximum Gasteiger partial charge on any atom is 0.338 e. The van der Waals surface area contributed by atoms with E-state index in [0.29, 0.717) is 6.54 Å². The predicted molar refractivity (Wildman–Crippen MR) is 65.8 cm³/mol. The first-order valence-electron chi connectivity index (χ1n) is 5.64. The molecule has 1 rings (SSSR count). The summed E-state index contributed by atoms with van der Waals surface area (Å²) in [5, 5.41) is 8.73. The molecule has 100 valence electrons. The standard InChI is InChI=1S/C12H18N2O4/c1-13(2)5-4-6-14(3)11(15)10-7-9(8-18-10)12(16)17/h7-8H,4-6H2,1-3H3,(H,16,17). The normalized spacial score (nSPS) is 10.7. The van der Waals surface area contributed by atoms with E-state index in [-0.39, 0.29) is 17.2 Å². The van der Waals surface area contributed by atoms with Crippen molar-refractivity contribution in [3.05, 3.63) is 23.7 Å². The van der Waals surface area contributed by atoms with E-state index in [0.717, 1.165) is 19.2 Å². The Morgan fingerprint density at radius 1 is 1.28 bits per heavy atom. The third kappa shape index (κ3) is 3.89. The van der Waals surface area contributed by atoms with Crippen LogP contribution in [0.3, 0.4) is 0 Å². The van der Waals surface area contributed by atoms with Crippen LogP contribution in [-0.2, 0) is 0 Å². The first kappa shape index (κ1) is 14.2. The lowest BCUT2D eigenvalue weighted by Gasteiger charge is -2.17. The third-order valence-electron chi connectivity index (χ3n) is 2.50. The van der Waals surface area contributed by atoms with E-state index < -0.39 is 5.97 Å². The Kier molecular flexibility index (Phi) is 4.91. The highest BCUT2D eigenvalue weighted by Gasteiger charge is 2.17. The molecule has 0 saturated carbocycles. The Morgan fingerprint density at radius 2 is 1.94 bits per heavy atom. The smallest absolute Gasteiger partial charge is 0.338 e. The van der Waals surface area contributed by atoms with Crippen LogP contribution in [0.5, 0.6) is 0 Å². The Labute approximate surface area is 106 Å². The molecular weight excluding hydrogens is 236 g/mol. The summed E-state index contributed by atoms with van der Waals surface area (Å²) in [6, 6.07) is 1.24. The van der Waals surface area contributed by atoms with Crippen molar-refractivity contribution in [2.45, 2.75) is 6.42 Å². The van der Waals surface area contributed by atoms with E-state index in [2.05, 4.69) is 0 Å². The molecule has 1 heterocycles. The maximum atomic E-state index is 11.9. The number of hydrogen-bond acceptors (Lipinski definition) is 4. The van der Waals surface area contributed by atoms with Crippen LogP contribution < -0.4 is 0 Å². The van der Waals surface area contributed by atoms with Gasteiger partial charge in [-0.15, -0.1) is 0 Å². The van der Waals surface area contributed by atoms with Crippen molar-refractivity contribution in [3.8, 4) is 0 Å². The van der Waals surface area contributed by atoms with Crippen molar-refractivity contribution in [3.63, 3.8) is 0 Å². The van der Waals surface area contributed by atoms with Crippen LogP contribution in [0.1, 0.15) is 27.3 Å². The average Bonchev–Trinajstić information content (AvgIpc) is 2.76. The lowest BCUT2D eigenvalue weighted by Crippen LogP contribution is -2.29. The van der Waals surface area contributed by atoms with Crippen molar-refractivity contribution in [1.29, 1.82) is 0 Å². The van der Waals surface area contributed by atoms with Crippen molar-refractivity contribution in [1.82, 2.24) is 9.80 Å². The predicted octanol–water partition coefficient (Wildman–Crippen LogP) is 1.00. The second-order valence-electron chi connectivity index (χ2n) is 4.39. The van der Waals surface area contributed by atoms with Crippen molar-refractivity contribution >= 4 is 11.9 Å². The molecule has 18 heavy (non-hydrogen) atoms. The van der Waals surface area contributed by atoms with Gasteiger partial charge in [0, 0.05) is 19.7 Å². The Morgan fingerprint density at radius 3 is 2.44 bits per heavy atom.